The quantitative estimate of drug-likeness (QED) is 0.490. The summed E-state index contributed by atoms with van der Waals surface area (Å²) >= 11 is 1.53. The van der Waals surface area contributed by atoms with Gasteiger partial charge >= 0.3 is 0 Å². The van der Waals surface area contributed by atoms with Gasteiger partial charge in [-0.25, -0.2) is 9.97 Å². The van der Waals surface area contributed by atoms with E-state index in [0.717, 1.165) is 39.8 Å². The molecule has 5 rings (SSSR count). The SMILES string of the molecule is COc1ccc2nc(OC3CCN(C(=O)Cn4cnc5ccccc54)CC3)sc2c1. The van der Waals surface area contributed by atoms with Gasteiger partial charge in [-0.15, -0.1) is 0 Å². The number of nitrogens with zero attached hydrogens (tertiary/aromatic N) is 4. The number of likely N-dealkylation sites (tertiary alicyclic amines) is 1. The number of para-hydroxylation sites is 2. The zero-order chi connectivity index (χ0) is 20.5. The Labute approximate surface area is 177 Å². The fourth-order valence-electron chi connectivity index (χ4n) is 3.81. The lowest BCUT2D eigenvalue weighted by Crippen LogP contribution is -2.43. The summed E-state index contributed by atoms with van der Waals surface area (Å²) in [5, 5.41) is 0.674. The molecular weight excluding hydrogens is 400 g/mol. The van der Waals surface area contributed by atoms with Crippen LogP contribution in [0.4, 0.5) is 0 Å². The number of imidazole rings is 1. The standard InChI is InChI=1S/C22H22N4O3S/c1-28-16-6-7-18-20(12-16)30-22(24-18)29-15-8-10-25(11-9-15)21(27)13-26-14-23-17-4-2-3-5-19(17)26/h2-7,12,14-15H,8-11,13H2,1H3. The molecule has 0 radical (unpaired) electrons. The summed E-state index contributed by atoms with van der Waals surface area (Å²) in [6.45, 7) is 1.69. The van der Waals surface area contributed by atoms with Crippen LogP contribution in [0.15, 0.2) is 48.8 Å². The van der Waals surface area contributed by atoms with E-state index in [1.54, 1.807) is 13.4 Å². The average Bonchev–Trinajstić information content (AvgIpc) is 3.37. The minimum absolute atomic E-state index is 0.0746. The molecule has 0 unspecified atom stereocenters. The van der Waals surface area contributed by atoms with Gasteiger partial charge in [0.15, 0.2) is 0 Å². The lowest BCUT2D eigenvalue weighted by molar-refractivity contribution is -0.133. The van der Waals surface area contributed by atoms with E-state index in [2.05, 4.69) is 9.97 Å². The summed E-state index contributed by atoms with van der Waals surface area (Å²) in [5.74, 6) is 0.930. The first kappa shape index (κ1) is 18.9. The van der Waals surface area contributed by atoms with E-state index in [4.69, 9.17) is 9.47 Å². The van der Waals surface area contributed by atoms with Crippen LogP contribution in [-0.4, -0.2) is 51.6 Å². The molecule has 0 N–H and O–H groups in total. The molecular formula is C22H22N4O3S. The Bertz CT molecular complexity index is 1190. The Balaban J connectivity index is 1.18. The Morgan fingerprint density at radius 2 is 2.00 bits per heavy atom. The number of methoxy groups -OCH3 is 1. The van der Waals surface area contributed by atoms with Crippen molar-refractivity contribution in [3.05, 3.63) is 48.8 Å². The molecule has 2 aromatic carbocycles. The molecule has 30 heavy (non-hydrogen) atoms. The highest BCUT2D eigenvalue weighted by molar-refractivity contribution is 7.20. The van der Waals surface area contributed by atoms with Gasteiger partial charge in [-0.1, -0.05) is 23.5 Å². The van der Waals surface area contributed by atoms with Crippen LogP contribution >= 0.6 is 11.3 Å². The van der Waals surface area contributed by atoms with E-state index in [-0.39, 0.29) is 12.0 Å². The van der Waals surface area contributed by atoms with Crippen molar-refractivity contribution in [1.29, 1.82) is 0 Å². The largest absolute Gasteiger partial charge is 0.497 e. The Morgan fingerprint density at radius 3 is 2.83 bits per heavy atom. The first-order chi connectivity index (χ1) is 14.7. The molecule has 8 heteroatoms. The number of thiazole rings is 1. The molecule has 1 amide bonds. The Morgan fingerprint density at radius 1 is 1.17 bits per heavy atom. The van der Waals surface area contributed by atoms with Crippen molar-refractivity contribution in [2.24, 2.45) is 0 Å². The van der Waals surface area contributed by atoms with Gasteiger partial charge < -0.3 is 18.9 Å². The van der Waals surface area contributed by atoms with E-state index in [1.807, 2.05) is 51.9 Å². The predicted molar refractivity (Wildman–Crippen MR) is 116 cm³/mol. The molecule has 1 saturated heterocycles. The highest BCUT2D eigenvalue weighted by Crippen LogP contribution is 2.32. The van der Waals surface area contributed by atoms with Crippen LogP contribution in [0.1, 0.15) is 12.8 Å². The van der Waals surface area contributed by atoms with Crippen molar-refractivity contribution in [1.82, 2.24) is 19.4 Å². The molecule has 0 aliphatic carbocycles. The van der Waals surface area contributed by atoms with Gasteiger partial charge in [0.05, 0.1) is 34.7 Å². The number of benzene rings is 2. The van der Waals surface area contributed by atoms with Crippen LogP contribution in [0.5, 0.6) is 10.9 Å². The second-order valence-corrected chi connectivity index (χ2v) is 8.37. The van der Waals surface area contributed by atoms with Crippen LogP contribution in [0.2, 0.25) is 0 Å². The third-order valence-corrected chi connectivity index (χ3v) is 6.38. The monoisotopic (exact) mass is 422 g/mol. The number of piperidine rings is 1. The summed E-state index contributed by atoms with van der Waals surface area (Å²) in [5.41, 5.74) is 2.80. The van der Waals surface area contributed by atoms with Gasteiger partial charge in [0.2, 0.25) is 5.91 Å². The summed E-state index contributed by atoms with van der Waals surface area (Å²) < 4.78 is 14.3. The van der Waals surface area contributed by atoms with E-state index < -0.39 is 0 Å². The number of amides is 1. The molecule has 3 heterocycles. The molecule has 154 valence electrons. The zero-order valence-electron chi connectivity index (χ0n) is 16.7. The van der Waals surface area contributed by atoms with Gasteiger partial charge in [0.25, 0.3) is 5.19 Å². The molecule has 1 aliphatic rings. The molecule has 4 aromatic rings. The Hall–Kier alpha value is -3.13. The minimum Gasteiger partial charge on any atom is -0.497 e. The number of hydrogen-bond donors (Lipinski definition) is 0. The number of ether oxygens (including phenoxy) is 2. The molecule has 2 aromatic heterocycles. The third-order valence-electron chi connectivity index (χ3n) is 5.47. The maximum Gasteiger partial charge on any atom is 0.274 e. The fourth-order valence-corrected chi connectivity index (χ4v) is 4.72. The van der Waals surface area contributed by atoms with Crippen molar-refractivity contribution in [3.8, 4) is 10.9 Å². The number of carbonyl (C=O) groups is 1. The lowest BCUT2D eigenvalue weighted by atomic mass is 10.1. The van der Waals surface area contributed by atoms with Gasteiger partial charge in [-0.05, 0) is 30.3 Å². The summed E-state index contributed by atoms with van der Waals surface area (Å²) in [6, 6.07) is 13.7. The first-order valence-electron chi connectivity index (χ1n) is 9.98. The van der Waals surface area contributed by atoms with E-state index in [0.29, 0.717) is 24.8 Å². The maximum absolute atomic E-state index is 12.8. The topological polar surface area (TPSA) is 69.5 Å². The normalized spacial score (nSPS) is 15.0. The number of hydrogen-bond acceptors (Lipinski definition) is 6. The second kappa shape index (κ2) is 7.95. The van der Waals surface area contributed by atoms with Crippen LogP contribution < -0.4 is 9.47 Å². The highest BCUT2D eigenvalue weighted by atomic mass is 32.1. The van der Waals surface area contributed by atoms with E-state index >= 15 is 0 Å². The van der Waals surface area contributed by atoms with E-state index in [1.165, 1.54) is 11.3 Å². The van der Waals surface area contributed by atoms with Gasteiger partial charge in [-0.2, -0.15) is 0 Å². The maximum atomic E-state index is 12.8. The first-order valence-corrected chi connectivity index (χ1v) is 10.8. The number of fused-ring (bicyclic) bond motifs is 2. The van der Waals surface area contributed by atoms with Crippen molar-refractivity contribution in [2.45, 2.75) is 25.5 Å². The molecule has 1 fully saturated rings. The Kier molecular flexibility index (Phi) is 5.00. The summed E-state index contributed by atoms with van der Waals surface area (Å²) in [4.78, 5) is 23.6. The summed E-state index contributed by atoms with van der Waals surface area (Å²) in [6.07, 6.45) is 3.41. The van der Waals surface area contributed by atoms with E-state index in [9.17, 15) is 4.79 Å². The molecule has 0 saturated carbocycles. The van der Waals surface area contributed by atoms with Crippen molar-refractivity contribution < 1.29 is 14.3 Å². The zero-order valence-corrected chi connectivity index (χ0v) is 17.5. The van der Waals surface area contributed by atoms with Crippen LogP contribution in [-0.2, 0) is 11.3 Å². The van der Waals surface area contributed by atoms with Crippen molar-refractivity contribution in [3.63, 3.8) is 0 Å². The lowest BCUT2D eigenvalue weighted by Gasteiger charge is -2.31. The van der Waals surface area contributed by atoms with Crippen LogP contribution in [0.3, 0.4) is 0 Å². The molecule has 7 nitrogen and oxygen atoms in total. The van der Waals surface area contributed by atoms with Gasteiger partial charge in [-0.3, -0.25) is 4.79 Å². The smallest absolute Gasteiger partial charge is 0.274 e. The number of aromatic nitrogens is 3. The number of rotatable bonds is 5. The van der Waals surface area contributed by atoms with Gasteiger partial charge in [0.1, 0.15) is 18.4 Å². The minimum atomic E-state index is 0.0746. The molecule has 0 spiro atoms. The number of carbonyl (C=O) groups excluding carboxylic acids is 1. The summed E-state index contributed by atoms with van der Waals surface area (Å²) in [7, 11) is 1.66. The fraction of sp³-hybridized carbons (Fsp3) is 0.318. The molecule has 0 bridgehead atoms. The highest BCUT2D eigenvalue weighted by Gasteiger charge is 2.25. The van der Waals surface area contributed by atoms with Crippen molar-refractivity contribution in [2.75, 3.05) is 20.2 Å². The average molecular weight is 423 g/mol. The third kappa shape index (κ3) is 3.70. The second-order valence-electron chi connectivity index (χ2n) is 7.37. The van der Waals surface area contributed by atoms with Crippen molar-refractivity contribution >= 4 is 38.5 Å². The molecule has 1 aliphatic heterocycles. The van der Waals surface area contributed by atoms with Crippen LogP contribution in [0, 0.1) is 0 Å². The molecule has 0 atom stereocenters. The van der Waals surface area contributed by atoms with Gasteiger partial charge in [0, 0.05) is 25.9 Å². The predicted octanol–water partition coefficient (Wildman–Crippen LogP) is 3.72. The van der Waals surface area contributed by atoms with Crippen LogP contribution in [0.25, 0.3) is 21.3 Å².